The quantitative estimate of drug-likeness (QED) is 0.321. The van der Waals surface area contributed by atoms with Crippen molar-refractivity contribution >= 4 is 20.8 Å². The van der Waals surface area contributed by atoms with E-state index in [1.807, 2.05) is 0 Å². The second kappa shape index (κ2) is 10.5. The van der Waals surface area contributed by atoms with Crippen molar-refractivity contribution in [2.24, 2.45) is 5.73 Å². The third-order valence-corrected chi connectivity index (χ3v) is 5.82. The van der Waals surface area contributed by atoms with E-state index in [0.29, 0.717) is 32.1 Å². The molecule has 124 valence electrons. The van der Waals surface area contributed by atoms with E-state index in [1.54, 1.807) is 0 Å². The van der Waals surface area contributed by atoms with Crippen LogP contribution in [0.2, 0.25) is 6.04 Å². The summed E-state index contributed by atoms with van der Waals surface area (Å²) in [6, 6.07) is 0.00896. The first-order valence-corrected chi connectivity index (χ1v) is 8.46. The van der Waals surface area contributed by atoms with Crippen LogP contribution in [-0.2, 0) is 18.1 Å². The molecule has 0 fully saturated rings. The van der Waals surface area contributed by atoms with Gasteiger partial charge >= 0.3 is 20.8 Å². The number of urea groups is 1. The van der Waals surface area contributed by atoms with E-state index in [0.717, 1.165) is 0 Å². The molecule has 0 spiro atoms. The van der Waals surface area contributed by atoms with Crippen molar-refractivity contribution in [3.05, 3.63) is 0 Å². The molecule has 0 aliphatic heterocycles. The van der Waals surface area contributed by atoms with Crippen LogP contribution in [0.3, 0.4) is 0 Å². The van der Waals surface area contributed by atoms with Crippen LogP contribution in [0.15, 0.2) is 0 Å². The molecule has 0 aliphatic rings. The molecule has 4 N–H and O–H groups in total. The summed E-state index contributed by atoms with van der Waals surface area (Å²) in [5.74, 6) is -0.948. The lowest BCUT2D eigenvalue weighted by molar-refractivity contribution is -0.135. The number of nitrogens with zero attached hydrogens (tertiary/aromatic N) is 1. The Morgan fingerprint density at radius 1 is 1.19 bits per heavy atom. The molecule has 0 bridgehead atoms. The van der Waals surface area contributed by atoms with Gasteiger partial charge in [-0.15, -0.1) is 0 Å². The summed E-state index contributed by atoms with van der Waals surface area (Å²) in [6.07, 6.45) is 0.615. The van der Waals surface area contributed by atoms with E-state index in [-0.39, 0.29) is 6.54 Å². The molecule has 0 aromatic rings. The molecule has 0 atom stereocenters. The monoisotopic (exact) mass is 323 g/mol. The number of primary amides is 1. The van der Waals surface area contributed by atoms with Crippen LogP contribution in [0.1, 0.15) is 6.42 Å². The van der Waals surface area contributed by atoms with Crippen LogP contribution in [-0.4, -0.2) is 78.3 Å². The number of carbonyl (C=O) groups excluding carboxylic acids is 1. The molecule has 9 nitrogen and oxygen atoms in total. The molecule has 0 rings (SSSR count). The molecule has 0 radical (unpaired) electrons. The molecule has 10 heteroatoms. The van der Waals surface area contributed by atoms with Crippen molar-refractivity contribution in [3.63, 3.8) is 0 Å². The van der Waals surface area contributed by atoms with Crippen LogP contribution in [0, 0.1) is 0 Å². The van der Waals surface area contributed by atoms with E-state index < -0.39 is 20.8 Å². The van der Waals surface area contributed by atoms with Gasteiger partial charge in [0.15, 0.2) is 0 Å². The maximum absolute atomic E-state index is 11.3. The molecule has 0 unspecified atom stereocenters. The third kappa shape index (κ3) is 7.97. The van der Waals surface area contributed by atoms with Gasteiger partial charge in [-0.1, -0.05) is 0 Å². The summed E-state index contributed by atoms with van der Waals surface area (Å²) in [4.78, 5) is 23.1. The normalized spacial score (nSPS) is 11.4. The average Bonchev–Trinajstić information content (AvgIpc) is 2.45. The number of hydrogen-bond donors (Lipinski definition) is 3. The first kappa shape index (κ1) is 19.8. The Labute approximate surface area is 125 Å². The lowest BCUT2D eigenvalue weighted by atomic mass is 10.4. The smallest absolute Gasteiger partial charge is 0.480 e. The van der Waals surface area contributed by atoms with Crippen molar-refractivity contribution in [1.29, 1.82) is 0 Å². The van der Waals surface area contributed by atoms with Gasteiger partial charge in [0, 0.05) is 47.0 Å². The Kier molecular flexibility index (Phi) is 9.91. The van der Waals surface area contributed by atoms with Gasteiger partial charge < -0.3 is 34.3 Å². The SMILES string of the molecule is CO[Si](CCCN(CCNCC(=O)O)C(N)=O)(OC)OC. The van der Waals surface area contributed by atoms with Crippen LogP contribution < -0.4 is 11.1 Å². The molecule has 0 aromatic heterocycles. The molecular formula is C11H25N3O6Si. The van der Waals surface area contributed by atoms with Gasteiger partial charge in [-0.25, -0.2) is 4.79 Å². The zero-order valence-electron chi connectivity index (χ0n) is 12.8. The molecule has 2 amide bonds. The van der Waals surface area contributed by atoms with Crippen molar-refractivity contribution in [3.8, 4) is 0 Å². The lowest BCUT2D eigenvalue weighted by Gasteiger charge is -2.26. The number of nitrogens with one attached hydrogen (secondary N) is 1. The summed E-state index contributed by atoms with van der Waals surface area (Å²) < 4.78 is 15.9. The van der Waals surface area contributed by atoms with Gasteiger partial charge in [-0.3, -0.25) is 4.79 Å². The minimum atomic E-state index is -2.64. The van der Waals surface area contributed by atoms with Crippen molar-refractivity contribution in [2.75, 3.05) is 47.5 Å². The maximum Gasteiger partial charge on any atom is 0.500 e. The fourth-order valence-electron chi connectivity index (χ4n) is 1.78. The Bertz CT molecular complexity index is 319. The van der Waals surface area contributed by atoms with Gasteiger partial charge in [0.1, 0.15) is 0 Å². The highest BCUT2D eigenvalue weighted by Gasteiger charge is 2.37. The lowest BCUT2D eigenvalue weighted by Crippen LogP contribution is -2.45. The Morgan fingerprint density at radius 2 is 1.76 bits per heavy atom. The number of amides is 2. The molecule has 0 aromatic carbocycles. The van der Waals surface area contributed by atoms with Gasteiger partial charge in [0.2, 0.25) is 0 Å². The van der Waals surface area contributed by atoms with Gasteiger partial charge in [0.25, 0.3) is 0 Å². The Hall–Kier alpha value is -1.20. The highest BCUT2D eigenvalue weighted by Crippen LogP contribution is 2.15. The molecule has 21 heavy (non-hydrogen) atoms. The maximum atomic E-state index is 11.3. The van der Waals surface area contributed by atoms with Crippen LogP contribution >= 0.6 is 0 Å². The van der Waals surface area contributed by atoms with E-state index >= 15 is 0 Å². The molecule has 0 saturated carbocycles. The number of carboxylic acids is 1. The van der Waals surface area contributed by atoms with Crippen LogP contribution in [0.5, 0.6) is 0 Å². The number of rotatable bonds is 12. The topological polar surface area (TPSA) is 123 Å². The summed E-state index contributed by atoms with van der Waals surface area (Å²) in [5, 5.41) is 11.2. The Balaban J connectivity index is 4.15. The summed E-state index contributed by atoms with van der Waals surface area (Å²) in [6.45, 7) is 0.968. The fourth-order valence-corrected chi connectivity index (χ4v) is 3.49. The van der Waals surface area contributed by atoms with Gasteiger partial charge in [-0.05, 0) is 6.42 Å². The first-order valence-electron chi connectivity index (χ1n) is 6.53. The van der Waals surface area contributed by atoms with E-state index in [1.165, 1.54) is 26.2 Å². The molecular weight excluding hydrogens is 298 g/mol. The first-order chi connectivity index (χ1) is 9.90. The Morgan fingerprint density at radius 3 is 2.19 bits per heavy atom. The zero-order chi connectivity index (χ0) is 16.3. The van der Waals surface area contributed by atoms with Crippen molar-refractivity contribution in [2.45, 2.75) is 12.5 Å². The predicted molar refractivity (Wildman–Crippen MR) is 77.9 cm³/mol. The van der Waals surface area contributed by atoms with Crippen LogP contribution in [0.25, 0.3) is 0 Å². The van der Waals surface area contributed by atoms with E-state index in [4.69, 9.17) is 24.1 Å². The number of aliphatic carboxylic acids is 1. The highest BCUT2D eigenvalue weighted by atomic mass is 28.4. The molecule has 0 heterocycles. The summed E-state index contributed by atoms with van der Waals surface area (Å²) in [5.41, 5.74) is 5.29. The minimum absolute atomic E-state index is 0.153. The van der Waals surface area contributed by atoms with Gasteiger partial charge in [-0.2, -0.15) is 0 Å². The zero-order valence-corrected chi connectivity index (χ0v) is 13.8. The van der Waals surface area contributed by atoms with Crippen molar-refractivity contribution < 1.29 is 28.0 Å². The number of hydrogen-bond acceptors (Lipinski definition) is 6. The van der Waals surface area contributed by atoms with Crippen LogP contribution in [0.4, 0.5) is 4.79 Å². The van der Waals surface area contributed by atoms with Gasteiger partial charge in [0.05, 0.1) is 6.54 Å². The summed E-state index contributed by atoms with van der Waals surface area (Å²) in [7, 11) is 1.94. The van der Waals surface area contributed by atoms with E-state index in [9.17, 15) is 9.59 Å². The number of carboxylic acid groups (broad SMARTS) is 1. The largest absolute Gasteiger partial charge is 0.500 e. The standard InChI is InChI=1S/C11H25N3O6Si/c1-18-21(19-2,20-3)8-4-6-14(11(12)17)7-5-13-9-10(15)16/h13H,4-9H2,1-3H3,(H2,12,17)(H,15,16). The average molecular weight is 323 g/mol. The van der Waals surface area contributed by atoms with Crippen molar-refractivity contribution in [1.82, 2.24) is 10.2 Å². The van der Waals surface area contributed by atoms with E-state index in [2.05, 4.69) is 5.32 Å². The third-order valence-electron chi connectivity index (χ3n) is 2.99. The second-order valence-electron chi connectivity index (χ2n) is 4.29. The fraction of sp³-hybridized carbons (Fsp3) is 0.818. The predicted octanol–water partition coefficient (Wildman–Crippen LogP) is -0.690. The highest BCUT2D eigenvalue weighted by molar-refractivity contribution is 6.60. The second-order valence-corrected chi connectivity index (χ2v) is 7.39. The number of nitrogens with two attached hydrogens (primary N) is 1. The molecule has 0 saturated heterocycles. The molecule has 0 aliphatic carbocycles. The minimum Gasteiger partial charge on any atom is -0.480 e. The summed E-state index contributed by atoms with van der Waals surface area (Å²) >= 11 is 0. The number of carbonyl (C=O) groups is 2.